The van der Waals surface area contributed by atoms with E-state index in [1.54, 1.807) is 0 Å². The molecule has 1 atom stereocenters. The first-order valence-electron chi connectivity index (χ1n) is 6.27. The predicted octanol–water partition coefficient (Wildman–Crippen LogP) is 3.09. The molecule has 16 heavy (non-hydrogen) atoms. The zero-order chi connectivity index (χ0) is 11.2. The standard InChI is InChI=1S/C14H20NO/c1-2-14(15-11-7-4-8-12-15)16-13-9-5-3-6-10-13/h5-6,9-10,14H,2,4,7-8,11-12H2,1H3. The number of benzene rings is 1. The molecule has 0 aromatic heterocycles. The minimum Gasteiger partial charge on any atom is -0.475 e. The molecule has 0 amide bonds. The molecule has 1 aromatic carbocycles. The van der Waals surface area contributed by atoms with E-state index in [0.29, 0.717) is 0 Å². The summed E-state index contributed by atoms with van der Waals surface area (Å²) in [6.07, 6.45) is 5.26. The highest BCUT2D eigenvalue weighted by molar-refractivity contribution is 5.20. The third kappa shape index (κ3) is 2.99. The molecule has 1 aliphatic heterocycles. The van der Waals surface area contributed by atoms with Crippen molar-refractivity contribution in [3.05, 3.63) is 30.3 Å². The number of nitrogens with zero attached hydrogens (tertiary/aromatic N) is 1. The van der Waals surface area contributed by atoms with Crippen molar-refractivity contribution in [2.45, 2.75) is 38.8 Å². The lowest BCUT2D eigenvalue weighted by Crippen LogP contribution is -2.42. The SMILES string of the molecule is CCC(Oc1cc[c]cc1)N1CCCCC1. The van der Waals surface area contributed by atoms with Gasteiger partial charge in [0.15, 0.2) is 6.23 Å². The van der Waals surface area contributed by atoms with Gasteiger partial charge in [0.05, 0.1) is 0 Å². The Morgan fingerprint density at radius 3 is 2.56 bits per heavy atom. The predicted molar refractivity (Wildman–Crippen MR) is 65.4 cm³/mol. The molecule has 1 saturated heterocycles. The minimum absolute atomic E-state index is 0.239. The molecule has 1 fully saturated rings. The molecule has 0 saturated carbocycles. The van der Waals surface area contributed by atoms with Gasteiger partial charge in [-0.25, -0.2) is 0 Å². The van der Waals surface area contributed by atoms with E-state index >= 15 is 0 Å². The summed E-state index contributed by atoms with van der Waals surface area (Å²) in [5, 5.41) is 0. The fraction of sp³-hybridized carbons (Fsp3) is 0.571. The number of likely N-dealkylation sites (tertiary alicyclic amines) is 1. The van der Waals surface area contributed by atoms with Crippen molar-refractivity contribution in [1.82, 2.24) is 4.90 Å². The Kier molecular flexibility index (Phi) is 4.23. The van der Waals surface area contributed by atoms with Crippen LogP contribution in [0.4, 0.5) is 0 Å². The third-order valence-corrected chi connectivity index (χ3v) is 3.11. The van der Waals surface area contributed by atoms with Crippen LogP contribution in [-0.4, -0.2) is 24.2 Å². The van der Waals surface area contributed by atoms with Gasteiger partial charge in [0.2, 0.25) is 0 Å². The molecule has 1 unspecified atom stereocenters. The summed E-state index contributed by atoms with van der Waals surface area (Å²) < 4.78 is 6.01. The van der Waals surface area contributed by atoms with Crippen molar-refractivity contribution < 1.29 is 4.74 Å². The molecular weight excluding hydrogens is 198 g/mol. The molecule has 87 valence electrons. The van der Waals surface area contributed by atoms with Crippen molar-refractivity contribution in [1.29, 1.82) is 0 Å². The summed E-state index contributed by atoms with van der Waals surface area (Å²) in [6, 6.07) is 10.8. The van der Waals surface area contributed by atoms with Crippen LogP contribution in [0.15, 0.2) is 24.3 Å². The number of hydrogen-bond acceptors (Lipinski definition) is 2. The smallest absolute Gasteiger partial charge is 0.152 e. The second-order valence-electron chi connectivity index (χ2n) is 4.31. The van der Waals surface area contributed by atoms with E-state index in [1.165, 1.54) is 32.4 Å². The van der Waals surface area contributed by atoms with E-state index in [2.05, 4.69) is 17.9 Å². The summed E-state index contributed by atoms with van der Waals surface area (Å²) in [7, 11) is 0. The lowest BCUT2D eigenvalue weighted by atomic mass is 10.1. The van der Waals surface area contributed by atoms with E-state index in [9.17, 15) is 0 Å². The quantitative estimate of drug-likeness (QED) is 0.770. The normalized spacial score (nSPS) is 19.3. The van der Waals surface area contributed by atoms with Crippen LogP contribution in [0.25, 0.3) is 0 Å². The number of rotatable bonds is 4. The van der Waals surface area contributed by atoms with E-state index in [1.807, 2.05) is 24.3 Å². The molecule has 1 aromatic rings. The highest BCUT2D eigenvalue weighted by atomic mass is 16.5. The van der Waals surface area contributed by atoms with Crippen LogP contribution in [0.1, 0.15) is 32.6 Å². The molecule has 2 nitrogen and oxygen atoms in total. The second kappa shape index (κ2) is 5.90. The number of hydrogen-bond donors (Lipinski definition) is 0. The molecule has 0 N–H and O–H groups in total. The van der Waals surface area contributed by atoms with Gasteiger partial charge in [-0.3, -0.25) is 4.90 Å². The first-order chi connectivity index (χ1) is 7.90. The Hall–Kier alpha value is -1.02. The molecule has 1 heterocycles. The molecule has 2 rings (SSSR count). The van der Waals surface area contributed by atoms with Gasteiger partial charge in [0.1, 0.15) is 5.75 Å². The van der Waals surface area contributed by atoms with Gasteiger partial charge >= 0.3 is 0 Å². The summed E-state index contributed by atoms with van der Waals surface area (Å²) in [6.45, 7) is 4.54. The maximum absolute atomic E-state index is 6.01. The average molecular weight is 218 g/mol. The first-order valence-corrected chi connectivity index (χ1v) is 6.27. The van der Waals surface area contributed by atoms with Gasteiger partial charge in [0, 0.05) is 13.1 Å². The third-order valence-electron chi connectivity index (χ3n) is 3.11. The molecule has 1 radical (unpaired) electrons. The highest BCUT2D eigenvalue weighted by Gasteiger charge is 2.20. The van der Waals surface area contributed by atoms with Crippen molar-refractivity contribution in [3.8, 4) is 5.75 Å². The van der Waals surface area contributed by atoms with Crippen molar-refractivity contribution in [2.75, 3.05) is 13.1 Å². The van der Waals surface area contributed by atoms with Crippen LogP contribution in [0, 0.1) is 6.07 Å². The van der Waals surface area contributed by atoms with E-state index in [-0.39, 0.29) is 6.23 Å². The summed E-state index contributed by atoms with van der Waals surface area (Å²) in [5.41, 5.74) is 0. The maximum atomic E-state index is 6.01. The summed E-state index contributed by atoms with van der Waals surface area (Å²) >= 11 is 0. The van der Waals surface area contributed by atoms with Crippen LogP contribution < -0.4 is 4.74 Å². The Morgan fingerprint density at radius 2 is 1.94 bits per heavy atom. The molecule has 0 bridgehead atoms. The lowest BCUT2D eigenvalue weighted by molar-refractivity contribution is 0.00982. The summed E-state index contributed by atoms with van der Waals surface area (Å²) in [5.74, 6) is 0.955. The Labute approximate surface area is 98.2 Å². The Morgan fingerprint density at radius 1 is 1.25 bits per heavy atom. The zero-order valence-electron chi connectivity index (χ0n) is 9.98. The first kappa shape index (κ1) is 11.5. The van der Waals surface area contributed by atoms with Crippen LogP contribution >= 0.6 is 0 Å². The number of piperidine rings is 1. The molecular formula is C14H20NO. The van der Waals surface area contributed by atoms with Gasteiger partial charge in [-0.2, -0.15) is 0 Å². The molecule has 0 spiro atoms. The zero-order valence-corrected chi connectivity index (χ0v) is 9.98. The van der Waals surface area contributed by atoms with Gasteiger partial charge in [-0.1, -0.05) is 25.5 Å². The average Bonchev–Trinajstić information content (AvgIpc) is 2.38. The monoisotopic (exact) mass is 218 g/mol. The van der Waals surface area contributed by atoms with Gasteiger partial charge in [0.25, 0.3) is 0 Å². The topological polar surface area (TPSA) is 12.5 Å². The van der Waals surface area contributed by atoms with Crippen molar-refractivity contribution >= 4 is 0 Å². The van der Waals surface area contributed by atoms with Crippen molar-refractivity contribution in [3.63, 3.8) is 0 Å². The van der Waals surface area contributed by atoms with E-state index < -0.39 is 0 Å². The van der Waals surface area contributed by atoms with E-state index in [4.69, 9.17) is 4.74 Å². The molecule has 0 aliphatic carbocycles. The molecule has 1 aliphatic rings. The van der Waals surface area contributed by atoms with Crippen LogP contribution in [0.3, 0.4) is 0 Å². The van der Waals surface area contributed by atoms with E-state index in [0.717, 1.165) is 12.2 Å². The second-order valence-corrected chi connectivity index (χ2v) is 4.31. The lowest BCUT2D eigenvalue weighted by Gasteiger charge is -2.33. The van der Waals surface area contributed by atoms with Gasteiger partial charge in [-0.05, 0) is 37.5 Å². The van der Waals surface area contributed by atoms with Crippen LogP contribution in [0.2, 0.25) is 0 Å². The van der Waals surface area contributed by atoms with Crippen LogP contribution in [0.5, 0.6) is 5.75 Å². The van der Waals surface area contributed by atoms with Crippen molar-refractivity contribution in [2.24, 2.45) is 0 Å². The van der Waals surface area contributed by atoms with Gasteiger partial charge < -0.3 is 4.74 Å². The Bertz CT molecular complexity index is 293. The fourth-order valence-electron chi connectivity index (χ4n) is 2.23. The summed E-state index contributed by atoms with van der Waals surface area (Å²) in [4.78, 5) is 2.46. The van der Waals surface area contributed by atoms with Crippen LogP contribution in [-0.2, 0) is 0 Å². The largest absolute Gasteiger partial charge is 0.475 e. The highest BCUT2D eigenvalue weighted by Crippen LogP contribution is 2.18. The van der Waals surface area contributed by atoms with Gasteiger partial charge in [-0.15, -0.1) is 0 Å². The molecule has 2 heteroatoms. The minimum atomic E-state index is 0.239. The maximum Gasteiger partial charge on any atom is 0.152 e. The number of ether oxygens (including phenoxy) is 1. The Balaban J connectivity index is 1.94. The fourth-order valence-corrected chi connectivity index (χ4v) is 2.23.